The number of hydrogen-bond acceptors (Lipinski definition) is 1. The average Bonchev–Trinajstić information content (AvgIpc) is 2.79. The van der Waals surface area contributed by atoms with Gasteiger partial charge in [-0.05, 0) is 103 Å². The highest BCUT2D eigenvalue weighted by molar-refractivity contribution is 5.76. The molecule has 0 fully saturated rings. The zero-order chi connectivity index (χ0) is 22.6. The minimum atomic E-state index is -1.36. The summed E-state index contributed by atoms with van der Waals surface area (Å²) in [4.78, 5) is 0. The Bertz CT molecular complexity index is 1050. The summed E-state index contributed by atoms with van der Waals surface area (Å²) in [5.74, 6) is 0. The van der Waals surface area contributed by atoms with E-state index < -0.39 is 5.67 Å². The zero-order valence-corrected chi connectivity index (χ0v) is 19.8. The highest BCUT2D eigenvalue weighted by Crippen LogP contribution is 2.42. The third-order valence-electron chi connectivity index (χ3n) is 6.84. The van der Waals surface area contributed by atoms with Gasteiger partial charge in [-0.2, -0.15) is 0 Å². The molecule has 0 radical (unpaired) electrons. The molecule has 0 amide bonds. The maximum Gasteiger partial charge on any atom is 0.133 e. The predicted octanol–water partition coefficient (Wildman–Crippen LogP) is 8.18. The van der Waals surface area contributed by atoms with Crippen molar-refractivity contribution < 1.29 is 4.39 Å². The topological polar surface area (TPSA) is 12.0 Å². The number of nitrogens with one attached hydrogen (secondary N) is 1. The van der Waals surface area contributed by atoms with E-state index in [-0.39, 0.29) is 0 Å². The van der Waals surface area contributed by atoms with Gasteiger partial charge >= 0.3 is 0 Å². The first-order valence-corrected chi connectivity index (χ1v) is 12.2. The number of hydrogen-bond donors (Lipinski definition) is 1. The SMILES string of the molecule is CCCC(C)(F)c1cc(NCCc2ccccc2)cc(C)c1-c1ccc2c(c1)CCCC2. The van der Waals surface area contributed by atoms with Crippen LogP contribution in [0.1, 0.15) is 67.3 Å². The highest BCUT2D eigenvalue weighted by Gasteiger charge is 2.30. The summed E-state index contributed by atoms with van der Waals surface area (Å²) in [6, 6.07) is 21.5. The predicted molar refractivity (Wildman–Crippen MR) is 135 cm³/mol. The van der Waals surface area contributed by atoms with Crippen LogP contribution < -0.4 is 5.32 Å². The first-order chi connectivity index (χ1) is 15.5. The van der Waals surface area contributed by atoms with Gasteiger partial charge in [0.15, 0.2) is 0 Å². The Morgan fingerprint density at radius 2 is 1.69 bits per heavy atom. The molecule has 0 spiro atoms. The Morgan fingerprint density at radius 3 is 2.44 bits per heavy atom. The van der Waals surface area contributed by atoms with Gasteiger partial charge < -0.3 is 5.32 Å². The van der Waals surface area contributed by atoms with Crippen molar-refractivity contribution in [1.82, 2.24) is 0 Å². The molecular weight excluding hydrogens is 393 g/mol. The molecule has 168 valence electrons. The van der Waals surface area contributed by atoms with Crippen molar-refractivity contribution in [3.8, 4) is 11.1 Å². The molecule has 32 heavy (non-hydrogen) atoms. The van der Waals surface area contributed by atoms with Crippen LogP contribution in [0, 0.1) is 6.92 Å². The van der Waals surface area contributed by atoms with Gasteiger partial charge in [-0.1, -0.05) is 61.9 Å². The fraction of sp³-hybridized carbons (Fsp3) is 0.400. The number of fused-ring (bicyclic) bond motifs is 1. The van der Waals surface area contributed by atoms with E-state index in [0.29, 0.717) is 6.42 Å². The Hall–Kier alpha value is -2.61. The lowest BCUT2D eigenvalue weighted by molar-refractivity contribution is 0.176. The van der Waals surface area contributed by atoms with Crippen molar-refractivity contribution in [1.29, 1.82) is 0 Å². The van der Waals surface area contributed by atoms with Crippen LogP contribution in [-0.4, -0.2) is 6.54 Å². The van der Waals surface area contributed by atoms with Crippen LogP contribution in [0.5, 0.6) is 0 Å². The fourth-order valence-corrected chi connectivity index (χ4v) is 5.17. The van der Waals surface area contributed by atoms with Gasteiger partial charge in [0.2, 0.25) is 0 Å². The minimum absolute atomic E-state index is 0.526. The summed E-state index contributed by atoms with van der Waals surface area (Å²) in [6.07, 6.45) is 7.13. The summed E-state index contributed by atoms with van der Waals surface area (Å²) in [5, 5.41) is 3.55. The Labute approximate surface area is 193 Å². The van der Waals surface area contributed by atoms with Crippen LogP contribution in [-0.2, 0) is 24.9 Å². The minimum Gasteiger partial charge on any atom is -0.385 e. The molecule has 4 rings (SSSR count). The number of benzene rings is 3. The Morgan fingerprint density at radius 1 is 0.938 bits per heavy atom. The van der Waals surface area contributed by atoms with Gasteiger partial charge in [0.25, 0.3) is 0 Å². The van der Waals surface area contributed by atoms with Crippen molar-refractivity contribution >= 4 is 5.69 Å². The van der Waals surface area contributed by atoms with Gasteiger partial charge in [-0.3, -0.25) is 0 Å². The molecule has 0 saturated carbocycles. The molecular formula is C30H36FN. The van der Waals surface area contributed by atoms with Crippen LogP contribution in [0.3, 0.4) is 0 Å². The van der Waals surface area contributed by atoms with Crippen molar-refractivity contribution in [2.45, 2.75) is 71.4 Å². The monoisotopic (exact) mass is 429 g/mol. The molecule has 1 aliphatic rings. The average molecular weight is 430 g/mol. The van der Waals surface area contributed by atoms with Crippen LogP contribution in [0.25, 0.3) is 11.1 Å². The summed E-state index contributed by atoms with van der Waals surface area (Å²) in [5.41, 5.74) is 8.06. The van der Waals surface area contributed by atoms with E-state index in [1.165, 1.54) is 36.0 Å². The van der Waals surface area contributed by atoms with E-state index in [0.717, 1.165) is 53.7 Å². The van der Waals surface area contributed by atoms with E-state index >= 15 is 4.39 Å². The molecule has 0 aromatic heterocycles. The van der Waals surface area contributed by atoms with Gasteiger partial charge in [-0.15, -0.1) is 0 Å². The highest BCUT2D eigenvalue weighted by atomic mass is 19.1. The molecule has 0 heterocycles. The standard InChI is InChI=1S/C30H36FN/c1-4-17-30(3,31)28-21-27(32-18-16-23-10-6-5-7-11-23)19-22(2)29(28)26-15-14-24-12-8-9-13-25(24)20-26/h5-7,10-11,14-15,19-21,32H,4,8-9,12-13,16-18H2,1-3H3. The maximum atomic E-state index is 16.0. The molecule has 0 aliphatic heterocycles. The summed E-state index contributed by atoms with van der Waals surface area (Å²) >= 11 is 0. The maximum absolute atomic E-state index is 16.0. The van der Waals surface area contributed by atoms with Crippen molar-refractivity contribution in [3.05, 3.63) is 88.5 Å². The quantitative estimate of drug-likeness (QED) is 0.381. The molecule has 1 aliphatic carbocycles. The second-order valence-corrected chi connectivity index (χ2v) is 9.52. The number of alkyl halides is 1. The largest absolute Gasteiger partial charge is 0.385 e. The Balaban J connectivity index is 1.68. The van der Waals surface area contributed by atoms with E-state index in [9.17, 15) is 0 Å². The Kier molecular flexibility index (Phi) is 6.98. The van der Waals surface area contributed by atoms with E-state index in [4.69, 9.17) is 0 Å². The smallest absolute Gasteiger partial charge is 0.133 e. The molecule has 3 aromatic carbocycles. The van der Waals surface area contributed by atoms with Gasteiger partial charge in [0.05, 0.1) is 0 Å². The second kappa shape index (κ2) is 9.90. The van der Waals surface area contributed by atoms with Crippen LogP contribution in [0.2, 0.25) is 0 Å². The summed E-state index contributed by atoms with van der Waals surface area (Å²) in [7, 11) is 0. The summed E-state index contributed by atoms with van der Waals surface area (Å²) < 4.78 is 16.0. The van der Waals surface area contributed by atoms with Crippen LogP contribution in [0.4, 0.5) is 10.1 Å². The van der Waals surface area contributed by atoms with Gasteiger partial charge in [-0.25, -0.2) is 4.39 Å². The van der Waals surface area contributed by atoms with Crippen molar-refractivity contribution in [3.63, 3.8) is 0 Å². The van der Waals surface area contributed by atoms with Gasteiger partial charge in [0, 0.05) is 12.2 Å². The lowest BCUT2D eigenvalue weighted by Gasteiger charge is -2.27. The second-order valence-electron chi connectivity index (χ2n) is 9.52. The molecule has 1 unspecified atom stereocenters. The molecule has 0 bridgehead atoms. The first kappa shape index (κ1) is 22.6. The van der Waals surface area contributed by atoms with Crippen molar-refractivity contribution in [2.24, 2.45) is 0 Å². The van der Waals surface area contributed by atoms with E-state index in [1.54, 1.807) is 6.92 Å². The van der Waals surface area contributed by atoms with E-state index in [2.05, 4.69) is 73.8 Å². The number of anilines is 1. The molecule has 1 nitrogen and oxygen atoms in total. The first-order valence-electron chi connectivity index (χ1n) is 12.2. The molecule has 0 saturated heterocycles. The third kappa shape index (κ3) is 5.06. The molecule has 1 N–H and O–H groups in total. The molecule has 2 heteroatoms. The summed E-state index contributed by atoms with van der Waals surface area (Å²) in [6.45, 7) is 6.77. The lowest BCUT2D eigenvalue weighted by Crippen LogP contribution is -2.18. The fourth-order valence-electron chi connectivity index (χ4n) is 5.17. The normalized spacial score (nSPS) is 15.1. The van der Waals surface area contributed by atoms with Crippen molar-refractivity contribution in [2.75, 3.05) is 11.9 Å². The molecule has 3 aromatic rings. The van der Waals surface area contributed by atoms with Gasteiger partial charge in [0.1, 0.15) is 5.67 Å². The van der Waals surface area contributed by atoms with Crippen LogP contribution in [0.15, 0.2) is 60.7 Å². The van der Waals surface area contributed by atoms with Crippen LogP contribution >= 0.6 is 0 Å². The number of halogens is 1. The lowest BCUT2D eigenvalue weighted by atomic mass is 9.82. The number of aryl methyl sites for hydroxylation is 3. The molecule has 1 atom stereocenters. The number of rotatable bonds is 8. The third-order valence-corrected chi connectivity index (χ3v) is 6.84. The zero-order valence-electron chi connectivity index (χ0n) is 19.8. The van der Waals surface area contributed by atoms with E-state index in [1.807, 2.05) is 6.07 Å².